The van der Waals surface area contributed by atoms with Crippen molar-refractivity contribution >= 4 is 33.2 Å². The van der Waals surface area contributed by atoms with Crippen LogP contribution in [0.1, 0.15) is 11.6 Å². The maximum Gasteiger partial charge on any atom is 0.289 e. The molecule has 0 saturated carbocycles. The Morgan fingerprint density at radius 3 is 2.32 bits per heavy atom. The molecule has 2 atom stereocenters. The van der Waals surface area contributed by atoms with E-state index in [0.29, 0.717) is 5.56 Å². The van der Waals surface area contributed by atoms with Crippen LogP contribution in [-0.2, 0) is 19.7 Å². The minimum Gasteiger partial charge on any atom is -0.275 e. The Morgan fingerprint density at radius 1 is 1.18 bits per heavy atom. The zero-order valence-corrected chi connectivity index (χ0v) is 16.6. The van der Waals surface area contributed by atoms with Gasteiger partial charge >= 0.3 is 0 Å². The van der Waals surface area contributed by atoms with Crippen molar-refractivity contribution in [2.24, 2.45) is 0 Å². The van der Waals surface area contributed by atoms with Gasteiger partial charge in [0.1, 0.15) is 5.38 Å². The highest BCUT2D eigenvalue weighted by Gasteiger charge is 2.35. The van der Waals surface area contributed by atoms with Crippen LogP contribution in [0.25, 0.3) is 0 Å². The second-order valence-electron chi connectivity index (χ2n) is 5.65. The summed E-state index contributed by atoms with van der Waals surface area (Å²) in [6.07, 6.45) is 0. The molecule has 0 spiro atoms. The summed E-state index contributed by atoms with van der Waals surface area (Å²) < 4.78 is 28.1. The molecule has 0 saturated heterocycles. The van der Waals surface area contributed by atoms with Crippen molar-refractivity contribution < 1.29 is 23.0 Å². The molecule has 2 rings (SSSR count). The van der Waals surface area contributed by atoms with E-state index in [9.17, 15) is 23.3 Å². The van der Waals surface area contributed by atoms with E-state index in [-0.39, 0.29) is 0 Å². The smallest absolute Gasteiger partial charge is 0.275 e. The van der Waals surface area contributed by atoms with Gasteiger partial charge in [-0.15, -0.1) is 11.6 Å². The van der Waals surface area contributed by atoms with Gasteiger partial charge in [0.25, 0.3) is 11.6 Å². The number of nitro benzene ring substituents is 1. The molecule has 0 aliphatic heterocycles. The van der Waals surface area contributed by atoms with Crippen molar-refractivity contribution in [2.75, 3.05) is 14.2 Å². The standard InChI is InChI=1S/C17H18ClN3O6S/c1-20(27-2)17(22)15(18)16(12-8-4-3-5-9-12)19-28(25,26)14-11-7-6-10-13(14)21(23)24/h3-11,15-16,19H,1-2H3/t15-,16+/m1/s1. The number of halogens is 1. The van der Waals surface area contributed by atoms with Crippen molar-refractivity contribution in [1.29, 1.82) is 0 Å². The molecule has 0 radical (unpaired) electrons. The third-order valence-corrected chi connectivity index (χ3v) is 5.83. The molecule has 0 aliphatic carbocycles. The van der Waals surface area contributed by atoms with Gasteiger partial charge in [-0.1, -0.05) is 42.5 Å². The Hall–Kier alpha value is -2.53. The van der Waals surface area contributed by atoms with Gasteiger partial charge < -0.3 is 0 Å². The highest BCUT2D eigenvalue weighted by molar-refractivity contribution is 7.89. The van der Waals surface area contributed by atoms with Gasteiger partial charge in [0.15, 0.2) is 4.90 Å². The lowest BCUT2D eigenvalue weighted by Gasteiger charge is -2.26. The van der Waals surface area contributed by atoms with Crippen LogP contribution < -0.4 is 4.72 Å². The van der Waals surface area contributed by atoms with Gasteiger partial charge in [0, 0.05) is 13.1 Å². The van der Waals surface area contributed by atoms with Crippen molar-refractivity contribution in [2.45, 2.75) is 16.3 Å². The SMILES string of the molecule is CON(C)C(=O)[C@H](Cl)[C@@H](NS(=O)(=O)c1ccccc1[N+](=O)[O-])c1ccccc1. The Morgan fingerprint density at radius 2 is 1.75 bits per heavy atom. The predicted molar refractivity (Wildman–Crippen MR) is 102 cm³/mol. The molecule has 0 aliphatic rings. The fourth-order valence-corrected chi connectivity index (χ4v) is 4.26. The van der Waals surface area contributed by atoms with Crippen molar-refractivity contribution in [3.63, 3.8) is 0 Å². The number of para-hydroxylation sites is 1. The van der Waals surface area contributed by atoms with E-state index in [1.54, 1.807) is 30.3 Å². The maximum absolute atomic E-state index is 12.9. The molecule has 0 fully saturated rings. The maximum atomic E-state index is 12.9. The number of carbonyl (C=O) groups is 1. The number of hydroxylamine groups is 2. The zero-order chi connectivity index (χ0) is 20.9. The van der Waals surface area contributed by atoms with Gasteiger partial charge in [-0.25, -0.2) is 18.2 Å². The molecule has 0 heterocycles. The van der Waals surface area contributed by atoms with E-state index < -0.39 is 42.9 Å². The average Bonchev–Trinajstić information content (AvgIpc) is 2.71. The van der Waals surface area contributed by atoms with E-state index in [1.165, 1.54) is 26.3 Å². The lowest BCUT2D eigenvalue weighted by Crippen LogP contribution is -2.42. The lowest BCUT2D eigenvalue weighted by atomic mass is 10.0. The van der Waals surface area contributed by atoms with Crippen LogP contribution in [0, 0.1) is 10.1 Å². The summed E-state index contributed by atoms with van der Waals surface area (Å²) in [4.78, 5) is 27.1. The van der Waals surface area contributed by atoms with Crippen LogP contribution in [-0.4, -0.2) is 43.8 Å². The first-order valence-electron chi connectivity index (χ1n) is 7.95. The molecule has 11 heteroatoms. The number of hydrogen-bond acceptors (Lipinski definition) is 6. The van der Waals surface area contributed by atoms with E-state index >= 15 is 0 Å². The molecule has 1 amide bonds. The fourth-order valence-electron chi connectivity index (χ4n) is 2.43. The first kappa shape index (κ1) is 21.8. The third kappa shape index (κ3) is 4.84. The molecule has 1 N–H and O–H groups in total. The van der Waals surface area contributed by atoms with E-state index in [4.69, 9.17) is 16.4 Å². The number of nitro groups is 1. The number of nitrogens with zero attached hydrogens (tertiary/aromatic N) is 2. The van der Waals surface area contributed by atoms with Crippen LogP contribution in [0.3, 0.4) is 0 Å². The Bertz CT molecular complexity index is 954. The van der Waals surface area contributed by atoms with E-state index in [0.717, 1.165) is 17.2 Å². The molecule has 9 nitrogen and oxygen atoms in total. The Balaban J connectivity index is 2.48. The first-order chi connectivity index (χ1) is 13.2. The van der Waals surface area contributed by atoms with Crippen molar-refractivity contribution in [3.05, 3.63) is 70.3 Å². The fraction of sp³-hybridized carbons (Fsp3) is 0.235. The van der Waals surface area contributed by atoms with Crippen LogP contribution in [0.5, 0.6) is 0 Å². The second kappa shape index (κ2) is 9.11. The number of benzene rings is 2. The topological polar surface area (TPSA) is 119 Å². The molecular weight excluding hydrogens is 410 g/mol. The number of amides is 1. The summed E-state index contributed by atoms with van der Waals surface area (Å²) in [5.74, 6) is -0.691. The van der Waals surface area contributed by atoms with Crippen LogP contribution in [0.2, 0.25) is 0 Å². The minimum atomic E-state index is -4.38. The Labute approximate surface area is 167 Å². The summed E-state index contributed by atoms with van der Waals surface area (Å²) in [6.45, 7) is 0. The molecule has 2 aromatic rings. The number of carbonyl (C=O) groups excluding carboxylic acids is 1. The monoisotopic (exact) mass is 427 g/mol. The number of rotatable bonds is 8. The lowest BCUT2D eigenvalue weighted by molar-refractivity contribution is -0.387. The average molecular weight is 428 g/mol. The van der Waals surface area contributed by atoms with Gasteiger partial charge in [-0.2, -0.15) is 0 Å². The summed E-state index contributed by atoms with van der Waals surface area (Å²) in [5, 5.41) is 10.7. The van der Waals surface area contributed by atoms with Gasteiger partial charge in [-0.05, 0) is 11.6 Å². The molecular formula is C17H18ClN3O6S. The molecule has 150 valence electrons. The van der Waals surface area contributed by atoms with E-state index in [2.05, 4.69) is 4.72 Å². The highest BCUT2D eigenvalue weighted by Crippen LogP contribution is 2.28. The van der Waals surface area contributed by atoms with E-state index in [1.807, 2.05) is 0 Å². The number of sulfonamides is 1. The largest absolute Gasteiger partial charge is 0.289 e. The highest BCUT2D eigenvalue weighted by atomic mass is 35.5. The van der Waals surface area contributed by atoms with Crippen LogP contribution in [0.4, 0.5) is 5.69 Å². The molecule has 2 aromatic carbocycles. The molecule has 0 bridgehead atoms. The van der Waals surface area contributed by atoms with Crippen LogP contribution >= 0.6 is 11.6 Å². The quantitative estimate of drug-likeness (QED) is 0.392. The molecule has 0 unspecified atom stereocenters. The number of nitrogens with one attached hydrogen (secondary N) is 1. The second-order valence-corrected chi connectivity index (χ2v) is 7.81. The number of alkyl halides is 1. The summed E-state index contributed by atoms with van der Waals surface area (Å²) in [5.41, 5.74) is -0.184. The van der Waals surface area contributed by atoms with Gasteiger partial charge in [-0.3, -0.25) is 19.7 Å². The third-order valence-electron chi connectivity index (χ3n) is 3.91. The number of hydrogen-bond donors (Lipinski definition) is 1. The predicted octanol–water partition coefficient (Wildman–Crippen LogP) is 2.24. The van der Waals surface area contributed by atoms with Crippen LogP contribution in [0.15, 0.2) is 59.5 Å². The van der Waals surface area contributed by atoms with Crippen molar-refractivity contribution in [3.8, 4) is 0 Å². The first-order valence-corrected chi connectivity index (χ1v) is 9.87. The van der Waals surface area contributed by atoms with Crippen molar-refractivity contribution in [1.82, 2.24) is 9.79 Å². The normalized spacial score (nSPS) is 13.5. The molecule has 0 aromatic heterocycles. The summed E-state index contributed by atoms with van der Waals surface area (Å²) in [6, 6.07) is 11.9. The summed E-state index contributed by atoms with van der Waals surface area (Å²) in [7, 11) is -1.79. The summed E-state index contributed by atoms with van der Waals surface area (Å²) >= 11 is 6.27. The molecule has 28 heavy (non-hydrogen) atoms. The Kier molecular flexibility index (Phi) is 7.08. The van der Waals surface area contributed by atoms with Gasteiger partial charge in [0.05, 0.1) is 18.1 Å². The van der Waals surface area contributed by atoms with Gasteiger partial charge in [0.2, 0.25) is 10.0 Å². The minimum absolute atomic E-state index is 0.405. The zero-order valence-electron chi connectivity index (χ0n) is 15.0.